The van der Waals surface area contributed by atoms with E-state index in [-0.39, 0.29) is 10.4 Å². The Balaban J connectivity index is 1.60. The van der Waals surface area contributed by atoms with Crippen LogP contribution < -0.4 is 10.6 Å². The molecule has 3 N–H and O–H groups in total. The van der Waals surface area contributed by atoms with Crippen molar-refractivity contribution in [2.75, 3.05) is 18.0 Å². The van der Waals surface area contributed by atoms with Crippen molar-refractivity contribution >= 4 is 28.7 Å². The molecule has 0 aliphatic carbocycles. The molecule has 0 saturated carbocycles. The fourth-order valence-corrected chi connectivity index (χ4v) is 3.99. The summed E-state index contributed by atoms with van der Waals surface area (Å²) < 4.78 is 39.5. The molecule has 7 nitrogen and oxygen atoms in total. The molecule has 148 valence electrons. The second-order valence-corrected chi connectivity index (χ2v) is 8.08. The Bertz CT molecular complexity index is 992. The third-order valence-corrected chi connectivity index (χ3v) is 5.73. The maximum atomic E-state index is 13.2. The quantitative estimate of drug-likeness (QED) is 0.685. The molecular weight excluding hydrogens is 391 g/mol. The van der Waals surface area contributed by atoms with E-state index in [4.69, 9.17) is 5.73 Å². The van der Waals surface area contributed by atoms with Crippen LogP contribution in [-0.4, -0.2) is 43.8 Å². The molecule has 1 aliphatic heterocycles. The Morgan fingerprint density at radius 1 is 1.25 bits per heavy atom. The van der Waals surface area contributed by atoms with E-state index in [1.54, 1.807) is 6.20 Å². The van der Waals surface area contributed by atoms with Crippen molar-refractivity contribution in [2.45, 2.75) is 41.4 Å². The molecule has 0 atom stereocenters. The van der Waals surface area contributed by atoms with Crippen LogP contribution in [0.1, 0.15) is 25.5 Å². The van der Waals surface area contributed by atoms with Gasteiger partial charge in [-0.05, 0) is 31.9 Å². The third-order valence-electron chi connectivity index (χ3n) is 4.70. The van der Waals surface area contributed by atoms with Crippen LogP contribution in [0.4, 0.5) is 19.0 Å². The zero-order valence-corrected chi connectivity index (χ0v) is 15.8. The highest BCUT2D eigenvalue weighted by atomic mass is 32.2. The van der Waals surface area contributed by atoms with E-state index in [0.717, 1.165) is 43.9 Å². The van der Waals surface area contributed by atoms with Crippen LogP contribution in [0.2, 0.25) is 0 Å². The number of nitrogens with one attached hydrogen (secondary N) is 1. The summed E-state index contributed by atoms with van der Waals surface area (Å²) in [5.41, 5.74) is 5.89. The minimum Gasteiger partial charge on any atom is -0.355 e. The second-order valence-electron chi connectivity index (χ2n) is 7.05. The highest BCUT2D eigenvalue weighted by molar-refractivity contribution is 7.99. The highest BCUT2D eigenvalue weighted by Crippen LogP contribution is 2.39. The molecule has 1 fully saturated rings. The van der Waals surface area contributed by atoms with Gasteiger partial charge in [-0.3, -0.25) is 10.1 Å². The summed E-state index contributed by atoms with van der Waals surface area (Å²) in [4.78, 5) is 14.4. The summed E-state index contributed by atoms with van der Waals surface area (Å²) in [5.74, 6) is 0.695. The van der Waals surface area contributed by atoms with E-state index < -0.39 is 11.9 Å². The fraction of sp³-hybridized carbons (Fsp3) is 0.412. The molecule has 0 radical (unpaired) electrons. The largest absolute Gasteiger partial charge is 0.434 e. The van der Waals surface area contributed by atoms with Crippen molar-refractivity contribution in [2.24, 2.45) is 5.73 Å². The number of nitrogens with two attached hydrogens (primary N) is 1. The highest BCUT2D eigenvalue weighted by Gasteiger charge is 2.36. The van der Waals surface area contributed by atoms with Gasteiger partial charge in [0.15, 0.2) is 16.4 Å². The predicted molar refractivity (Wildman–Crippen MR) is 99.1 cm³/mol. The van der Waals surface area contributed by atoms with Crippen molar-refractivity contribution in [1.29, 1.82) is 0 Å². The minimum absolute atomic E-state index is 0.0347. The number of aromatic amines is 1. The van der Waals surface area contributed by atoms with Crippen molar-refractivity contribution in [3.8, 4) is 0 Å². The lowest BCUT2D eigenvalue weighted by atomic mass is 9.91. The number of alkyl halides is 3. The van der Waals surface area contributed by atoms with Crippen molar-refractivity contribution in [1.82, 2.24) is 25.1 Å². The van der Waals surface area contributed by atoms with Gasteiger partial charge in [0.2, 0.25) is 0 Å². The number of hydrogen-bond donors (Lipinski definition) is 2. The molecule has 0 aromatic carbocycles. The first-order chi connectivity index (χ1) is 13.2. The molecule has 28 heavy (non-hydrogen) atoms. The summed E-state index contributed by atoms with van der Waals surface area (Å²) in [7, 11) is 0. The van der Waals surface area contributed by atoms with Gasteiger partial charge in [0.05, 0.1) is 6.20 Å². The van der Waals surface area contributed by atoms with E-state index in [1.165, 1.54) is 12.1 Å². The van der Waals surface area contributed by atoms with Gasteiger partial charge < -0.3 is 10.6 Å². The van der Waals surface area contributed by atoms with Crippen molar-refractivity contribution in [3.05, 3.63) is 30.2 Å². The maximum absolute atomic E-state index is 13.2. The number of nitrogens with zero attached hydrogens (tertiary/aromatic N) is 5. The number of H-pyrrole nitrogens is 1. The summed E-state index contributed by atoms with van der Waals surface area (Å²) in [6.07, 6.45) is -0.113. The third kappa shape index (κ3) is 3.76. The van der Waals surface area contributed by atoms with Gasteiger partial charge in [0, 0.05) is 29.7 Å². The first-order valence-electron chi connectivity index (χ1n) is 8.68. The van der Waals surface area contributed by atoms with Crippen LogP contribution in [0.15, 0.2) is 34.4 Å². The molecule has 0 spiro atoms. The number of rotatable bonds is 3. The number of halogens is 3. The summed E-state index contributed by atoms with van der Waals surface area (Å²) in [6, 6.07) is 2.82. The van der Waals surface area contributed by atoms with E-state index in [9.17, 15) is 13.2 Å². The average Bonchev–Trinajstić information content (AvgIpc) is 3.03. The minimum atomic E-state index is -4.54. The van der Waals surface area contributed by atoms with Gasteiger partial charge in [0.1, 0.15) is 11.3 Å². The standard InChI is InChI=1S/C17H18F3N7S/c1-16(21)4-7-27(8-5-16)11-9-23-12-14(24-11)25-26-15(12)28-10-3-2-6-22-13(10)17(18,19)20/h2-3,6,9H,4-5,7-8,21H2,1H3,(H,24,25,26). The van der Waals surface area contributed by atoms with E-state index in [2.05, 4.69) is 30.0 Å². The predicted octanol–water partition coefficient (Wildman–Crippen LogP) is 3.24. The van der Waals surface area contributed by atoms with Gasteiger partial charge in [-0.15, -0.1) is 0 Å². The molecule has 0 bridgehead atoms. The molecule has 1 aliphatic rings. The molecule has 11 heteroatoms. The Kier molecular flexibility index (Phi) is 4.66. The van der Waals surface area contributed by atoms with E-state index in [1.807, 2.05) is 6.92 Å². The molecule has 4 rings (SSSR count). The summed E-state index contributed by atoms with van der Waals surface area (Å²) in [6.45, 7) is 3.58. The Morgan fingerprint density at radius 3 is 2.71 bits per heavy atom. The van der Waals surface area contributed by atoms with Gasteiger partial charge in [0.25, 0.3) is 0 Å². The molecular formula is C17H18F3N7S. The normalized spacial score (nSPS) is 17.2. The number of hydrogen-bond acceptors (Lipinski definition) is 7. The first kappa shape index (κ1) is 18.9. The number of fused-ring (bicyclic) bond motifs is 1. The Morgan fingerprint density at radius 2 is 2.00 bits per heavy atom. The lowest BCUT2D eigenvalue weighted by molar-refractivity contribution is -0.143. The van der Waals surface area contributed by atoms with Crippen molar-refractivity contribution < 1.29 is 13.2 Å². The van der Waals surface area contributed by atoms with Crippen LogP contribution in [0, 0.1) is 0 Å². The number of aromatic nitrogens is 5. The SMILES string of the molecule is CC1(N)CCN(c2cnc3c(Sc4cccnc4C(F)(F)F)n[nH]c3n2)CC1. The summed E-state index contributed by atoms with van der Waals surface area (Å²) in [5, 5.41) is 7.19. The topological polar surface area (TPSA) is 96.6 Å². The first-order valence-corrected chi connectivity index (χ1v) is 9.50. The van der Waals surface area contributed by atoms with E-state index in [0.29, 0.717) is 22.0 Å². The summed E-state index contributed by atoms with van der Waals surface area (Å²) >= 11 is 0.861. The maximum Gasteiger partial charge on any atom is 0.434 e. The number of pyridine rings is 1. The molecule has 1 saturated heterocycles. The van der Waals surface area contributed by atoms with Crippen LogP contribution in [0.3, 0.4) is 0 Å². The van der Waals surface area contributed by atoms with Gasteiger partial charge in [-0.25, -0.2) is 9.97 Å². The van der Waals surface area contributed by atoms with Gasteiger partial charge in [-0.2, -0.15) is 18.3 Å². The Labute approximate surface area is 162 Å². The van der Waals surface area contributed by atoms with Gasteiger partial charge in [-0.1, -0.05) is 11.8 Å². The van der Waals surface area contributed by atoms with Crippen LogP contribution >= 0.6 is 11.8 Å². The fourth-order valence-electron chi connectivity index (χ4n) is 3.03. The van der Waals surface area contributed by atoms with Crippen LogP contribution in [0.5, 0.6) is 0 Å². The zero-order valence-electron chi connectivity index (χ0n) is 15.0. The van der Waals surface area contributed by atoms with Crippen molar-refractivity contribution in [3.63, 3.8) is 0 Å². The lowest BCUT2D eigenvalue weighted by Gasteiger charge is -2.37. The molecule has 3 aromatic heterocycles. The van der Waals surface area contributed by atoms with E-state index >= 15 is 0 Å². The average molecular weight is 409 g/mol. The monoisotopic (exact) mass is 409 g/mol. The molecule has 0 amide bonds. The molecule has 4 heterocycles. The Hall–Kier alpha value is -2.40. The second kappa shape index (κ2) is 6.89. The molecule has 0 unspecified atom stereocenters. The zero-order chi connectivity index (χ0) is 19.9. The number of anilines is 1. The van der Waals surface area contributed by atoms with Crippen LogP contribution in [-0.2, 0) is 6.18 Å². The van der Waals surface area contributed by atoms with Crippen LogP contribution in [0.25, 0.3) is 11.2 Å². The lowest BCUT2D eigenvalue weighted by Crippen LogP contribution is -2.48. The number of piperidine rings is 1. The smallest absolute Gasteiger partial charge is 0.355 e. The molecule has 3 aromatic rings. The van der Waals surface area contributed by atoms with Gasteiger partial charge >= 0.3 is 6.18 Å².